The molecule has 0 aromatic carbocycles. The van der Waals surface area contributed by atoms with E-state index in [-0.39, 0.29) is 12.5 Å². The molecule has 2 rings (SSSR count). The number of rotatable bonds is 4. The quantitative estimate of drug-likeness (QED) is 0.823. The summed E-state index contributed by atoms with van der Waals surface area (Å²) in [5.74, 6) is -0.385. The number of thiophene rings is 1. The Morgan fingerprint density at radius 3 is 2.67 bits per heavy atom. The van der Waals surface area contributed by atoms with E-state index in [1.807, 2.05) is 4.90 Å². The number of nitrogens with two attached hydrogens (primary N) is 1. The number of carbonyl (C=O) groups is 1. The second-order valence-electron chi connectivity index (χ2n) is 4.97. The van der Waals surface area contributed by atoms with Crippen LogP contribution in [0.25, 0.3) is 0 Å². The maximum atomic E-state index is 12.7. The first-order chi connectivity index (χ1) is 9.80. The monoisotopic (exact) mass is 395 g/mol. The molecule has 6 nitrogen and oxygen atoms in total. The molecule has 1 saturated heterocycles. The summed E-state index contributed by atoms with van der Waals surface area (Å²) in [7, 11) is -3.48. The minimum absolute atomic E-state index is 0.177. The number of primary amides is 1. The molecule has 0 aliphatic carbocycles. The van der Waals surface area contributed by atoms with Crippen molar-refractivity contribution < 1.29 is 13.2 Å². The number of aryl methyl sites for hydroxylation is 1. The fourth-order valence-electron chi connectivity index (χ4n) is 2.39. The average Bonchev–Trinajstić information content (AvgIpc) is 2.60. The van der Waals surface area contributed by atoms with E-state index < -0.39 is 10.0 Å². The molecule has 118 valence electrons. The van der Waals surface area contributed by atoms with E-state index >= 15 is 0 Å². The number of hydrogen-bond donors (Lipinski definition) is 1. The molecule has 2 heterocycles. The predicted octanol–water partition coefficient (Wildman–Crippen LogP) is 1.00. The maximum absolute atomic E-state index is 12.7. The van der Waals surface area contributed by atoms with Crippen LogP contribution in [0.1, 0.15) is 11.3 Å². The van der Waals surface area contributed by atoms with Crippen molar-refractivity contribution in [2.75, 3.05) is 32.7 Å². The predicted molar refractivity (Wildman–Crippen MR) is 85.8 cm³/mol. The zero-order valence-corrected chi connectivity index (χ0v) is 14.9. The molecule has 1 aliphatic heterocycles. The lowest BCUT2D eigenvalue weighted by atomic mass is 10.4. The van der Waals surface area contributed by atoms with Crippen molar-refractivity contribution in [3.05, 3.63) is 14.7 Å². The van der Waals surface area contributed by atoms with Crippen LogP contribution in [0.15, 0.2) is 14.7 Å². The van der Waals surface area contributed by atoms with Crippen LogP contribution in [0.5, 0.6) is 0 Å². The normalized spacial score (nSPS) is 18.6. The van der Waals surface area contributed by atoms with Crippen LogP contribution in [0.3, 0.4) is 0 Å². The zero-order chi connectivity index (χ0) is 15.6. The smallest absolute Gasteiger partial charge is 0.244 e. The van der Waals surface area contributed by atoms with Gasteiger partial charge in [0.1, 0.15) is 0 Å². The van der Waals surface area contributed by atoms with Crippen molar-refractivity contribution in [1.29, 1.82) is 0 Å². The molecule has 0 atom stereocenters. The van der Waals surface area contributed by atoms with E-state index in [0.717, 1.165) is 8.66 Å². The summed E-state index contributed by atoms with van der Waals surface area (Å²) >= 11 is 4.74. The van der Waals surface area contributed by atoms with Gasteiger partial charge in [0, 0.05) is 24.5 Å². The third kappa shape index (κ3) is 4.04. The molecule has 0 unspecified atom stereocenters. The second kappa shape index (κ2) is 6.74. The fourth-order valence-corrected chi connectivity index (χ4v) is 6.24. The van der Waals surface area contributed by atoms with Gasteiger partial charge in [0.25, 0.3) is 0 Å². The highest BCUT2D eigenvalue weighted by Gasteiger charge is 2.29. The van der Waals surface area contributed by atoms with Gasteiger partial charge in [-0.15, -0.1) is 11.3 Å². The van der Waals surface area contributed by atoms with Crippen molar-refractivity contribution in [2.45, 2.75) is 18.2 Å². The Morgan fingerprint density at radius 2 is 2.10 bits per heavy atom. The molecule has 1 amide bonds. The van der Waals surface area contributed by atoms with Crippen molar-refractivity contribution in [3.8, 4) is 0 Å². The van der Waals surface area contributed by atoms with Gasteiger partial charge < -0.3 is 5.73 Å². The van der Waals surface area contributed by atoms with E-state index in [2.05, 4.69) is 15.9 Å². The van der Waals surface area contributed by atoms with Crippen LogP contribution < -0.4 is 5.73 Å². The first-order valence-corrected chi connectivity index (χ1v) is 9.62. The molecule has 1 aromatic rings. The van der Waals surface area contributed by atoms with Gasteiger partial charge in [0.05, 0.1) is 15.2 Å². The average molecular weight is 396 g/mol. The molecule has 1 aromatic heterocycles. The fraction of sp³-hybridized carbons (Fsp3) is 0.583. The number of sulfonamides is 1. The van der Waals surface area contributed by atoms with Crippen molar-refractivity contribution in [1.82, 2.24) is 9.21 Å². The minimum Gasteiger partial charge on any atom is -0.369 e. The summed E-state index contributed by atoms with van der Waals surface area (Å²) in [5.41, 5.74) is 5.19. The molecule has 0 spiro atoms. The van der Waals surface area contributed by atoms with Crippen molar-refractivity contribution in [3.63, 3.8) is 0 Å². The SMILES string of the molecule is Cc1sc(Br)cc1S(=O)(=O)N1CCCN(CC(N)=O)CC1. The molecule has 21 heavy (non-hydrogen) atoms. The Bertz CT molecular complexity index is 630. The highest BCUT2D eigenvalue weighted by Crippen LogP contribution is 2.31. The van der Waals surface area contributed by atoms with Gasteiger partial charge in [0.15, 0.2) is 0 Å². The summed E-state index contributed by atoms with van der Waals surface area (Å²) in [5, 5.41) is 0. The molecule has 9 heteroatoms. The summed E-state index contributed by atoms with van der Waals surface area (Å²) in [6.45, 7) is 4.03. The molecular formula is C12H18BrN3O3S2. The summed E-state index contributed by atoms with van der Waals surface area (Å²) in [6, 6.07) is 1.65. The van der Waals surface area contributed by atoms with E-state index in [9.17, 15) is 13.2 Å². The molecule has 1 aliphatic rings. The van der Waals surface area contributed by atoms with Crippen LogP contribution >= 0.6 is 27.3 Å². The molecule has 1 fully saturated rings. The van der Waals surface area contributed by atoms with Gasteiger partial charge in [0.2, 0.25) is 15.9 Å². The first-order valence-electron chi connectivity index (χ1n) is 6.57. The van der Waals surface area contributed by atoms with Crippen LogP contribution in [0, 0.1) is 6.92 Å². The van der Waals surface area contributed by atoms with Gasteiger partial charge in [-0.25, -0.2) is 8.42 Å². The zero-order valence-electron chi connectivity index (χ0n) is 11.7. The second-order valence-corrected chi connectivity index (χ2v) is 9.51. The first kappa shape index (κ1) is 16.9. The summed E-state index contributed by atoms with van der Waals surface area (Å²) in [4.78, 5) is 14.0. The third-order valence-corrected chi connectivity index (χ3v) is 7.09. The van der Waals surface area contributed by atoms with E-state index in [1.165, 1.54) is 15.6 Å². The van der Waals surface area contributed by atoms with Gasteiger partial charge in [-0.05, 0) is 41.9 Å². The summed E-state index contributed by atoms with van der Waals surface area (Å²) < 4.78 is 27.7. The van der Waals surface area contributed by atoms with Crippen LogP contribution in [-0.4, -0.2) is 56.3 Å². The Labute approximate surface area is 137 Å². The Hall–Kier alpha value is -0.480. The largest absolute Gasteiger partial charge is 0.369 e. The van der Waals surface area contributed by atoms with Crippen molar-refractivity contribution in [2.24, 2.45) is 5.73 Å². The maximum Gasteiger partial charge on any atom is 0.244 e. The topological polar surface area (TPSA) is 83.7 Å². The number of halogens is 1. The molecule has 0 saturated carbocycles. The molecule has 0 radical (unpaired) electrons. The van der Waals surface area contributed by atoms with E-state index in [1.54, 1.807) is 13.0 Å². The minimum atomic E-state index is -3.48. The molecule has 0 bridgehead atoms. The Kier molecular flexibility index (Phi) is 5.42. The van der Waals surface area contributed by atoms with Crippen molar-refractivity contribution >= 4 is 43.2 Å². The van der Waals surface area contributed by atoms with Gasteiger partial charge in [-0.3, -0.25) is 9.69 Å². The Morgan fingerprint density at radius 1 is 1.38 bits per heavy atom. The van der Waals surface area contributed by atoms with E-state index in [4.69, 9.17) is 5.73 Å². The standard InChI is InChI=1S/C12H18BrN3O3S2/c1-9-10(7-11(13)20-9)21(18,19)16-4-2-3-15(5-6-16)8-12(14)17/h7H,2-6,8H2,1H3,(H2,14,17). The Balaban J connectivity index is 2.14. The van der Waals surface area contributed by atoms with E-state index in [0.29, 0.717) is 37.5 Å². The molecular weight excluding hydrogens is 378 g/mol. The number of hydrogen-bond acceptors (Lipinski definition) is 5. The summed E-state index contributed by atoms with van der Waals surface area (Å²) in [6.07, 6.45) is 0.691. The van der Waals surface area contributed by atoms with Gasteiger partial charge >= 0.3 is 0 Å². The highest BCUT2D eigenvalue weighted by molar-refractivity contribution is 9.11. The highest BCUT2D eigenvalue weighted by atomic mass is 79.9. The van der Waals surface area contributed by atoms with Crippen LogP contribution in [-0.2, 0) is 14.8 Å². The van der Waals surface area contributed by atoms with Gasteiger partial charge in [-0.1, -0.05) is 0 Å². The lowest BCUT2D eigenvalue weighted by molar-refractivity contribution is -0.119. The lowest BCUT2D eigenvalue weighted by Gasteiger charge is -2.20. The number of amides is 1. The number of nitrogens with zero attached hydrogens (tertiary/aromatic N) is 2. The number of carbonyl (C=O) groups excluding carboxylic acids is 1. The van der Waals surface area contributed by atoms with Crippen LogP contribution in [0.2, 0.25) is 0 Å². The van der Waals surface area contributed by atoms with Crippen LogP contribution in [0.4, 0.5) is 0 Å². The molecule has 2 N–H and O–H groups in total. The third-order valence-electron chi connectivity index (χ3n) is 3.39. The van der Waals surface area contributed by atoms with Gasteiger partial charge in [-0.2, -0.15) is 4.31 Å². The lowest BCUT2D eigenvalue weighted by Crippen LogP contribution is -2.38.